The Morgan fingerprint density at radius 3 is 2.79 bits per heavy atom. The number of aromatic nitrogens is 1. The van der Waals surface area contributed by atoms with Gasteiger partial charge in [-0.15, -0.1) is 11.8 Å². The predicted molar refractivity (Wildman–Crippen MR) is 83.6 cm³/mol. The normalized spacial score (nSPS) is 10.5. The van der Waals surface area contributed by atoms with Crippen molar-refractivity contribution in [3.05, 3.63) is 46.2 Å². The Bertz CT molecular complexity index is 590. The van der Waals surface area contributed by atoms with Gasteiger partial charge in [-0.05, 0) is 41.1 Å². The van der Waals surface area contributed by atoms with E-state index in [4.69, 9.17) is 10.5 Å². The maximum absolute atomic E-state index is 5.72. The average Bonchev–Trinajstić information content (AvgIpc) is 2.37. The second kappa shape index (κ2) is 6.30. The van der Waals surface area contributed by atoms with Crippen LogP contribution in [0.25, 0.3) is 0 Å². The Hall–Kier alpha value is -1.20. The monoisotopic (exact) mass is 338 g/mol. The lowest BCUT2D eigenvalue weighted by atomic mass is 10.3. The number of nitrogens with zero attached hydrogens (tertiary/aromatic N) is 1. The number of ether oxygens (including phenoxy) is 1. The number of pyridine rings is 1. The Balaban J connectivity index is 2.12. The van der Waals surface area contributed by atoms with Crippen LogP contribution in [0.4, 0.5) is 5.69 Å². The molecule has 0 aliphatic rings. The van der Waals surface area contributed by atoms with E-state index in [2.05, 4.69) is 20.9 Å². The van der Waals surface area contributed by atoms with Gasteiger partial charge in [-0.2, -0.15) is 0 Å². The molecule has 1 aromatic carbocycles. The quantitative estimate of drug-likeness (QED) is 0.675. The molecule has 0 atom stereocenters. The zero-order valence-electron chi connectivity index (χ0n) is 10.8. The molecule has 0 saturated carbocycles. The summed E-state index contributed by atoms with van der Waals surface area (Å²) in [6.07, 6.45) is 0. The number of nitrogen functional groups attached to an aromatic ring is 1. The minimum Gasteiger partial charge on any atom is -0.497 e. The maximum atomic E-state index is 5.72. The van der Waals surface area contributed by atoms with Crippen molar-refractivity contribution in [3.8, 4) is 5.75 Å². The zero-order chi connectivity index (χ0) is 13.8. The van der Waals surface area contributed by atoms with Crippen LogP contribution in [0.2, 0.25) is 0 Å². The number of benzene rings is 1. The molecule has 0 bridgehead atoms. The SMILES string of the molecule is COc1cc(C)nc(CSc2ccc(N)cc2Br)c1. The highest BCUT2D eigenvalue weighted by Gasteiger charge is 2.05. The molecule has 0 saturated heterocycles. The molecule has 19 heavy (non-hydrogen) atoms. The Morgan fingerprint density at radius 1 is 1.32 bits per heavy atom. The van der Waals surface area contributed by atoms with Crippen LogP contribution >= 0.6 is 27.7 Å². The van der Waals surface area contributed by atoms with Crippen LogP contribution in [0, 0.1) is 6.92 Å². The molecule has 0 unspecified atom stereocenters. The third kappa shape index (κ3) is 3.88. The molecule has 0 fully saturated rings. The lowest BCUT2D eigenvalue weighted by Gasteiger charge is -2.07. The molecule has 100 valence electrons. The Labute approximate surface area is 125 Å². The van der Waals surface area contributed by atoms with Crippen molar-refractivity contribution in [1.82, 2.24) is 4.98 Å². The van der Waals surface area contributed by atoms with E-state index in [-0.39, 0.29) is 0 Å². The molecule has 0 amide bonds. The van der Waals surface area contributed by atoms with Crippen LogP contribution in [0.3, 0.4) is 0 Å². The van der Waals surface area contributed by atoms with Crippen molar-refractivity contribution in [2.24, 2.45) is 0 Å². The lowest BCUT2D eigenvalue weighted by molar-refractivity contribution is 0.413. The van der Waals surface area contributed by atoms with E-state index in [1.165, 1.54) is 0 Å². The molecule has 1 heterocycles. The van der Waals surface area contributed by atoms with Gasteiger partial charge < -0.3 is 10.5 Å². The summed E-state index contributed by atoms with van der Waals surface area (Å²) in [6, 6.07) is 9.71. The largest absolute Gasteiger partial charge is 0.497 e. The number of hydrogen-bond acceptors (Lipinski definition) is 4. The topological polar surface area (TPSA) is 48.1 Å². The third-order valence-corrected chi connectivity index (χ3v) is 4.57. The fraction of sp³-hybridized carbons (Fsp3) is 0.214. The molecule has 1 aromatic heterocycles. The highest BCUT2D eigenvalue weighted by atomic mass is 79.9. The van der Waals surface area contributed by atoms with Crippen molar-refractivity contribution in [2.75, 3.05) is 12.8 Å². The summed E-state index contributed by atoms with van der Waals surface area (Å²) >= 11 is 5.23. The fourth-order valence-corrected chi connectivity index (χ4v) is 3.23. The van der Waals surface area contributed by atoms with Crippen LogP contribution in [-0.2, 0) is 5.75 Å². The van der Waals surface area contributed by atoms with Crippen LogP contribution in [0.1, 0.15) is 11.4 Å². The van der Waals surface area contributed by atoms with E-state index in [1.54, 1.807) is 18.9 Å². The number of anilines is 1. The molecule has 0 radical (unpaired) electrons. The lowest BCUT2D eigenvalue weighted by Crippen LogP contribution is -1.93. The van der Waals surface area contributed by atoms with Gasteiger partial charge in [0.2, 0.25) is 0 Å². The Kier molecular flexibility index (Phi) is 4.71. The molecule has 0 aliphatic heterocycles. The number of nitrogens with two attached hydrogens (primary N) is 1. The zero-order valence-corrected chi connectivity index (χ0v) is 13.2. The molecular weight excluding hydrogens is 324 g/mol. The highest BCUT2D eigenvalue weighted by Crippen LogP contribution is 2.31. The van der Waals surface area contributed by atoms with E-state index in [9.17, 15) is 0 Å². The van der Waals surface area contributed by atoms with Crippen LogP contribution in [-0.4, -0.2) is 12.1 Å². The van der Waals surface area contributed by atoms with Gasteiger partial charge in [0.1, 0.15) is 5.75 Å². The molecule has 0 aliphatic carbocycles. The van der Waals surface area contributed by atoms with Gasteiger partial charge in [-0.3, -0.25) is 4.98 Å². The maximum Gasteiger partial charge on any atom is 0.122 e. The summed E-state index contributed by atoms with van der Waals surface area (Å²) in [4.78, 5) is 5.65. The van der Waals surface area contributed by atoms with Gasteiger partial charge in [-0.25, -0.2) is 0 Å². The van der Waals surface area contributed by atoms with E-state index in [0.717, 1.165) is 37.9 Å². The number of halogens is 1. The second-order valence-corrected chi connectivity index (χ2v) is 5.99. The van der Waals surface area contributed by atoms with Gasteiger partial charge in [-0.1, -0.05) is 0 Å². The van der Waals surface area contributed by atoms with Crippen molar-refractivity contribution in [3.63, 3.8) is 0 Å². The number of aryl methyl sites for hydroxylation is 1. The predicted octanol–water partition coefficient (Wildman–Crippen LogP) is 4.04. The van der Waals surface area contributed by atoms with Gasteiger partial charge in [0.25, 0.3) is 0 Å². The standard InChI is InChI=1S/C14H15BrN2OS/c1-9-5-12(18-2)7-11(17-9)8-19-14-4-3-10(16)6-13(14)15/h3-7H,8,16H2,1-2H3. The third-order valence-electron chi connectivity index (χ3n) is 2.55. The molecule has 2 aromatic rings. The number of rotatable bonds is 4. The Morgan fingerprint density at radius 2 is 2.11 bits per heavy atom. The molecular formula is C14H15BrN2OS. The number of thioether (sulfide) groups is 1. The van der Waals surface area contributed by atoms with Gasteiger partial charge in [0.05, 0.1) is 12.8 Å². The van der Waals surface area contributed by atoms with E-state index in [1.807, 2.05) is 37.3 Å². The van der Waals surface area contributed by atoms with Crippen molar-refractivity contribution in [1.29, 1.82) is 0 Å². The van der Waals surface area contributed by atoms with Crippen molar-refractivity contribution >= 4 is 33.4 Å². The minimum atomic E-state index is 0.756. The summed E-state index contributed by atoms with van der Waals surface area (Å²) in [6.45, 7) is 1.97. The van der Waals surface area contributed by atoms with Crippen molar-refractivity contribution < 1.29 is 4.74 Å². The van der Waals surface area contributed by atoms with Crippen LogP contribution in [0.5, 0.6) is 5.75 Å². The highest BCUT2D eigenvalue weighted by molar-refractivity contribution is 9.10. The molecule has 3 nitrogen and oxygen atoms in total. The second-order valence-electron chi connectivity index (χ2n) is 4.12. The summed E-state index contributed by atoms with van der Waals surface area (Å²) in [5.74, 6) is 1.64. The summed E-state index contributed by atoms with van der Waals surface area (Å²) in [5, 5.41) is 0. The summed E-state index contributed by atoms with van der Waals surface area (Å²) < 4.78 is 6.26. The average molecular weight is 339 g/mol. The number of hydrogen-bond donors (Lipinski definition) is 1. The smallest absolute Gasteiger partial charge is 0.122 e. The summed E-state index contributed by atoms with van der Waals surface area (Å²) in [5.41, 5.74) is 8.45. The molecule has 2 rings (SSSR count). The van der Waals surface area contributed by atoms with Gasteiger partial charge in [0, 0.05) is 38.6 Å². The van der Waals surface area contributed by atoms with E-state index >= 15 is 0 Å². The minimum absolute atomic E-state index is 0.756. The van der Waals surface area contributed by atoms with Crippen LogP contribution in [0.15, 0.2) is 39.7 Å². The van der Waals surface area contributed by atoms with Crippen molar-refractivity contribution in [2.45, 2.75) is 17.6 Å². The first-order chi connectivity index (χ1) is 9.08. The van der Waals surface area contributed by atoms with E-state index < -0.39 is 0 Å². The summed E-state index contributed by atoms with van der Waals surface area (Å²) in [7, 11) is 1.67. The van der Waals surface area contributed by atoms with Crippen LogP contribution < -0.4 is 10.5 Å². The molecule has 0 spiro atoms. The fourth-order valence-electron chi connectivity index (χ4n) is 1.68. The molecule has 2 N–H and O–H groups in total. The van der Waals surface area contributed by atoms with Gasteiger partial charge >= 0.3 is 0 Å². The number of methoxy groups -OCH3 is 1. The first-order valence-electron chi connectivity index (χ1n) is 5.78. The first kappa shape index (κ1) is 14.2. The van der Waals surface area contributed by atoms with Gasteiger partial charge in [0.15, 0.2) is 0 Å². The van der Waals surface area contributed by atoms with E-state index in [0.29, 0.717) is 0 Å². The first-order valence-corrected chi connectivity index (χ1v) is 7.55. The molecule has 5 heteroatoms.